The van der Waals surface area contributed by atoms with Gasteiger partial charge < -0.3 is 9.55 Å². The fourth-order valence-corrected chi connectivity index (χ4v) is 4.53. The van der Waals surface area contributed by atoms with Crippen molar-refractivity contribution in [1.82, 2.24) is 19.7 Å². The smallest absolute Gasteiger partial charge is 0.191 e. The first kappa shape index (κ1) is 17.1. The van der Waals surface area contributed by atoms with Gasteiger partial charge in [-0.05, 0) is 37.4 Å². The highest BCUT2D eigenvalue weighted by Crippen LogP contribution is 2.28. The largest absolute Gasteiger partial charge is 0.357 e. The topological polar surface area (TPSA) is 63.6 Å². The maximum atomic E-state index is 12.4. The summed E-state index contributed by atoms with van der Waals surface area (Å²) in [4.78, 5) is 16.9. The second-order valence-electron chi connectivity index (χ2n) is 6.02. The Bertz CT molecular complexity index is 1110. The number of thiophene rings is 1. The highest BCUT2D eigenvalue weighted by atomic mass is 32.2. The maximum Gasteiger partial charge on any atom is 0.191 e. The molecular weight excluding hydrogens is 364 g/mol. The first-order valence-electron chi connectivity index (χ1n) is 8.38. The van der Waals surface area contributed by atoms with E-state index < -0.39 is 0 Å². The number of rotatable bonds is 5. The highest BCUT2D eigenvalue weighted by molar-refractivity contribution is 7.98. The Labute approximate surface area is 159 Å². The third-order valence-corrected chi connectivity index (χ3v) is 6.05. The van der Waals surface area contributed by atoms with Crippen molar-refractivity contribution in [3.05, 3.63) is 63.3 Å². The first-order chi connectivity index (χ1) is 12.7. The predicted octanol–water partition coefficient (Wildman–Crippen LogP) is 4.47. The van der Waals surface area contributed by atoms with E-state index in [1.807, 2.05) is 36.6 Å². The molecule has 3 heterocycles. The Kier molecular flexibility index (Phi) is 4.65. The lowest BCUT2D eigenvalue weighted by atomic mass is 10.1. The van der Waals surface area contributed by atoms with Gasteiger partial charge in [0, 0.05) is 35.0 Å². The van der Waals surface area contributed by atoms with Gasteiger partial charge >= 0.3 is 0 Å². The molecule has 0 radical (unpaired) electrons. The molecule has 0 aliphatic carbocycles. The third-order valence-electron chi connectivity index (χ3n) is 4.17. The molecule has 0 saturated carbocycles. The van der Waals surface area contributed by atoms with Crippen molar-refractivity contribution < 1.29 is 0 Å². The van der Waals surface area contributed by atoms with Crippen molar-refractivity contribution in [1.29, 1.82) is 0 Å². The molecule has 132 valence electrons. The van der Waals surface area contributed by atoms with Gasteiger partial charge in [0.15, 0.2) is 16.4 Å². The number of fused-ring (bicyclic) bond motifs is 1. The molecule has 0 unspecified atom stereocenters. The summed E-state index contributed by atoms with van der Waals surface area (Å²) in [5.74, 6) is 1.54. The van der Waals surface area contributed by atoms with Gasteiger partial charge in [0.2, 0.25) is 0 Å². The van der Waals surface area contributed by atoms with Crippen LogP contribution in [0.15, 0.2) is 51.7 Å². The van der Waals surface area contributed by atoms with Crippen LogP contribution in [0.4, 0.5) is 0 Å². The number of pyridine rings is 1. The number of thioether (sulfide) groups is 1. The average Bonchev–Trinajstić information content (AvgIpc) is 3.29. The molecule has 3 aromatic heterocycles. The van der Waals surface area contributed by atoms with Crippen molar-refractivity contribution in [2.45, 2.75) is 31.3 Å². The number of nitrogens with zero attached hydrogens (tertiary/aromatic N) is 3. The number of aromatic nitrogens is 4. The van der Waals surface area contributed by atoms with Crippen LogP contribution in [0.2, 0.25) is 0 Å². The molecule has 7 heteroatoms. The van der Waals surface area contributed by atoms with Gasteiger partial charge in [-0.2, -0.15) is 0 Å². The molecule has 0 aliphatic rings. The van der Waals surface area contributed by atoms with Crippen LogP contribution in [-0.2, 0) is 12.3 Å². The third kappa shape index (κ3) is 3.20. The molecule has 0 aliphatic heterocycles. The number of aryl methyl sites for hydroxylation is 1. The van der Waals surface area contributed by atoms with Gasteiger partial charge in [-0.3, -0.25) is 4.79 Å². The summed E-state index contributed by atoms with van der Waals surface area (Å²) in [7, 11) is 0. The van der Waals surface area contributed by atoms with E-state index in [0.29, 0.717) is 5.75 Å². The van der Waals surface area contributed by atoms with Crippen LogP contribution < -0.4 is 5.43 Å². The van der Waals surface area contributed by atoms with Crippen LogP contribution in [0.1, 0.15) is 18.2 Å². The molecule has 5 nitrogen and oxygen atoms in total. The van der Waals surface area contributed by atoms with Gasteiger partial charge in [0.05, 0.1) is 4.88 Å². The molecule has 0 bridgehead atoms. The second-order valence-corrected chi connectivity index (χ2v) is 7.91. The van der Waals surface area contributed by atoms with Crippen molar-refractivity contribution in [3.8, 4) is 10.7 Å². The number of nitrogens with one attached hydrogen (secondary N) is 1. The van der Waals surface area contributed by atoms with E-state index in [9.17, 15) is 4.79 Å². The molecule has 0 saturated heterocycles. The Morgan fingerprint density at radius 1 is 1.23 bits per heavy atom. The molecule has 0 atom stereocenters. The fraction of sp³-hybridized carbons (Fsp3) is 0.211. The van der Waals surface area contributed by atoms with Crippen LogP contribution in [-0.4, -0.2) is 19.7 Å². The molecule has 1 N–H and O–H groups in total. The van der Waals surface area contributed by atoms with Crippen LogP contribution in [0, 0.1) is 6.92 Å². The van der Waals surface area contributed by atoms with Crippen LogP contribution in [0.3, 0.4) is 0 Å². The van der Waals surface area contributed by atoms with E-state index in [1.165, 1.54) is 0 Å². The van der Waals surface area contributed by atoms with Crippen molar-refractivity contribution >= 4 is 34.0 Å². The van der Waals surface area contributed by atoms with E-state index in [2.05, 4.69) is 32.7 Å². The van der Waals surface area contributed by atoms with Gasteiger partial charge in [-0.15, -0.1) is 21.5 Å². The molecule has 4 aromatic rings. The summed E-state index contributed by atoms with van der Waals surface area (Å²) >= 11 is 3.24. The quantitative estimate of drug-likeness (QED) is 0.517. The first-order valence-corrected chi connectivity index (χ1v) is 10.2. The van der Waals surface area contributed by atoms with Gasteiger partial charge in [-0.25, -0.2) is 0 Å². The Hall–Kier alpha value is -2.38. The van der Waals surface area contributed by atoms with Crippen molar-refractivity contribution in [2.75, 3.05) is 0 Å². The molecular formula is C19H18N4OS2. The summed E-state index contributed by atoms with van der Waals surface area (Å²) in [5.41, 5.74) is 2.89. The monoisotopic (exact) mass is 382 g/mol. The summed E-state index contributed by atoms with van der Waals surface area (Å²) < 4.78 is 2.11. The van der Waals surface area contributed by atoms with Crippen LogP contribution in [0.25, 0.3) is 21.6 Å². The van der Waals surface area contributed by atoms with Crippen LogP contribution in [0.5, 0.6) is 0 Å². The number of hydrogen-bond acceptors (Lipinski definition) is 5. The van der Waals surface area contributed by atoms with Gasteiger partial charge in [-0.1, -0.05) is 29.5 Å². The minimum Gasteiger partial charge on any atom is -0.357 e. The fourth-order valence-electron chi connectivity index (χ4n) is 2.90. The molecule has 0 amide bonds. The van der Waals surface area contributed by atoms with E-state index in [-0.39, 0.29) is 5.43 Å². The summed E-state index contributed by atoms with van der Waals surface area (Å²) in [6, 6.07) is 11.6. The summed E-state index contributed by atoms with van der Waals surface area (Å²) in [6.07, 6.45) is 0. The summed E-state index contributed by atoms with van der Waals surface area (Å²) in [5, 5.41) is 12.3. The lowest BCUT2D eigenvalue weighted by Gasteiger charge is -2.07. The number of hydrogen-bond donors (Lipinski definition) is 1. The minimum atomic E-state index is 0.0503. The number of H-pyrrole nitrogens is 1. The molecule has 1 aromatic carbocycles. The molecule has 4 rings (SSSR count). The van der Waals surface area contributed by atoms with E-state index in [0.717, 1.165) is 44.6 Å². The normalized spacial score (nSPS) is 11.3. The zero-order valence-electron chi connectivity index (χ0n) is 14.5. The minimum absolute atomic E-state index is 0.0503. The van der Waals surface area contributed by atoms with Gasteiger partial charge in [0.1, 0.15) is 0 Å². The number of aromatic amines is 1. The number of benzene rings is 1. The zero-order valence-corrected chi connectivity index (χ0v) is 16.2. The summed E-state index contributed by atoms with van der Waals surface area (Å²) in [6.45, 7) is 4.88. The van der Waals surface area contributed by atoms with E-state index in [4.69, 9.17) is 0 Å². The molecule has 0 fully saturated rings. The molecule has 0 spiro atoms. The SMILES string of the molecule is CCn1c(SCc2cc(=O)c3cc(C)ccc3[nH]2)nnc1-c1cccs1. The average molecular weight is 383 g/mol. The Morgan fingerprint density at radius 2 is 2.12 bits per heavy atom. The van der Waals surface area contributed by atoms with Crippen molar-refractivity contribution in [3.63, 3.8) is 0 Å². The predicted molar refractivity (Wildman–Crippen MR) is 108 cm³/mol. The zero-order chi connectivity index (χ0) is 18.1. The maximum absolute atomic E-state index is 12.4. The standard InChI is InChI=1S/C19H18N4OS2/c1-3-23-18(17-5-4-8-25-17)21-22-19(23)26-11-13-10-16(24)14-9-12(2)6-7-15(14)20-13/h4-10H,3,11H2,1-2H3,(H,20,24). The van der Waals surface area contributed by atoms with Crippen LogP contribution >= 0.6 is 23.1 Å². The van der Waals surface area contributed by atoms with Gasteiger partial charge in [0.25, 0.3) is 0 Å². The Balaban J connectivity index is 1.61. The Morgan fingerprint density at radius 3 is 2.88 bits per heavy atom. The highest BCUT2D eigenvalue weighted by Gasteiger charge is 2.14. The van der Waals surface area contributed by atoms with Crippen molar-refractivity contribution in [2.24, 2.45) is 0 Å². The second kappa shape index (κ2) is 7.09. The molecule has 26 heavy (non-hydrogen) atoms. The van der Waals surface area contributed by atoms with E-state index >= 15 is 0 Å². The van der Waals surface area contributed by atoms with E-state index in [1.54, 1.807) is 29.2 Å². The lowest BCUT2D eigenvalue weighted by molar-refractivity contribution is 0.688. The lowest BCUT2D eigenvalue weighted by Crippen LogP contribution is -2.05.